The van der Waals surface area contributed by atoms with E-state index in [1.54, 1.807) is 11.8 Å². The average molecular weight is 376 g/mol. The zero-order valence-corrected chi connectivity index (χ0v) is 17.0. The van der Waals surface area contributed by atoms with E-state index in [1.165, 1.54) is 9.80 Å². The highest BCUT2D eigenvalue weighted by molar-refractivity contribution is 7.98. The van der Waals surface area contributed by atoms with Gasteiger partial charge in [0.2, 0.25) is 0 Å². The lowest BCUT2D eigenvalue weighted by atomic mass is 10.2. The lowest BCUT2D eigenvalue weighted by Crippen LogP contribution is -3.06. The number of nitrogens with zero attached hydrogens (tertiary/aromatic N) is 2. The van der Waals surface area contributed by atoms with Crippen molar-refractivity contribution in [1.29, 1.82) is 0 Å². The maximum Gasteiger partial charge on any atom is 0.174 e. The van der Waals surface area contributed by atoms with Crippen molar-refractivity contribution in [2.45, 2.75) is 17.9 Å². The first-order valence-corrected chi connectivity index (χ1v) is 10.1. The van der Waals surface area contributed by atoms with Gasteiger partial charge in [-0.15, -0.1) is 11.8 Å². The number of hydrogen-bond donors (Lipinski definition) is 2. The van der Waals surface area contributed by atoms with E-state index in [-0.39, 0.29) is 6.04 Å². The van der Waals surface area contributed by atoms with Gasteiger partial charge in [-0.2, -0.15) is 0 Å². The number of thioether (sulfide) groups is 1. The zero-order chi connectivity index (χ0) is 18.2. The summed E-state index contributed by atoms with van der Waals surface area (Å²) >= 11 is 7.46. The van der Waals surface area contributed by atoms with Crippen LogP contribution in [0.25, 0.3) is 0 Å². The Balaban J connectivity index is 2.17. The molecule has 0 radical (unpaired) electrons. The van der Waals surface area contributed by atoms with E-state index < -0.39 is 0 Å². The SMILES string of the molecule is CSc1cccc(NC(=S)N(CC[NH+](C)C)C(C)c2ccccn2)c1. The van der Waals surface area contributed by atoms with E-state index in [9.17, 15) is 0 Å². The first-order valence-electron chi connectivity index (χ1n) is 8.43. The molecule has 134 valence electrons. The van der Waals surface area contributed by atoms with E-state index in [0.717, 1.165) is 29.6 Å². The fourth-order valence-electron chi connectivity index (χ4n) is 2.49. The third-order valence-electron chi connectivity index (χ3n) is 4.02. The van der Waals surface area contributed by atoms with Gasteiger partial charge in [-0.3, -0.25) is 4.98 Å². The van der Waals surface area contributed by atoms with Crippen LogP contribution in [0.3, 0.4) is 0 Å². The van der Waals surface area contributed by atoms with E-state index in [1.807, 2.05) is 30.5 Å². The number of thiocarbonyl (C=S) groups is 1. The molecule has 2 N–H and O–H groups in total. The summed E-state index contributed by atoms with van der Waals surface area (Å²) in [7, 11) is 4.31. The minimum absolute atomic E-state index is 0.115. The van der Waals surface area contributed by atoms with Gasteiger partial charge in [-0.25, -0.2) is 0 Å². The lowest BCUT2D eigenvalue weighted by molar-refractivity contribution is -0.857. The molecule has 0 aliphatic heterocycles. The second-order valence-corrected chi connectivity index (χ2v) is 7.51. The molecule has 1 aromatic carbocycles. The van der Waals surface area contributed by atoms with Crippen molar-refractivity contribution in [3.8, 4) is 0 Å². The monoisotopic (exact) mass is 375 g/mol. The Hall–Kier alpha value is -1.63. The third kappa shape index (κ3) is 5.99. The minimum Gasteiger partial charge on any atom is -0.338 e. The predicted octanol–water partition coefficient (Wildman–Crippen LogP) is 2.71. The molecule has 1 aromatic heterocycles. The molecule has 0 amide bonds. The number of pyridine rings is 1. The highest BCUT2D eigenvalue weighted by Gasteiger charge is 2.20. The van der Waals surface area contributed by atoms with Crippen molar-refractivity contribution in [2.75, 3.05) is 38.8 Å². The summed E-state index contributed by atoms with van der Waals surface area (Å²) in [6.45, 7) is 4.03. The predicted molar refractivity (Wildman–Crippen MR) is 111 cm³/mol. The molecule has 6 heteroatoms. The van der Waals surface area contributed by atoms with Gasteiger partial charge in [-0.1, -0.05) is 12.1 Å². The summed E-state index contributed by atoms with van der Waals surface area (Å²) in [6.07, 6.45) is 3.91. The van der Waals surface area contributed by atoms with Crippen molar-refractivity contribution in [3.05, 3.63) is 54.4 Å². The Morgan fingerprint density at radius 1 is 1.28 bits per heavy atom. The van der Waals surface area contributed by atoms with Crippen molar-refractivity contribution >= 4 is 34.8 Å². The maximum absolute atomic E-state index is 5.74. The van der Waals surface area contributed by atoms with Gasteiger partial charge in [0.05, 0.1) is 38.9 Å². The van der Waals surface area contributed by atoms with Crippen molar-refractivity contribution < 1.29 is 4.90 Å². The summed E-state index contributed by atoms with van der Waals surface area (Å²) < 4.78 is 0. The second kappa shape index (κ2) is 9.75. The second-order valence-electron chi connectivity index (χ2n) is 6.24. The van der Waals surface area contributed by atoms with E-state index in [0.29, 0.717) is 0 Å². The molecule has 1 unspecified atom stereocenters. The Morgan fingerprint density at radius 2 is 2.08 bits per heavy atom. The maximum atomic E-state index is 5.74. The summed E-state index contributed by atoms with van der Waals surface area (Å²) in [5.74, 6) is 0. The molecule has 2 aromatic rings. The van der Waals surface area contributed by atoms with Gasteiger partial charge in [0, 0.05) is 16.8 Å². The number of rotatable bonds is 7. The van der Waals surface area contributed by atoms with E-state index in [2.05, 4.69) is 60.7 Å². The quantitative estimate of drug-likeness (QED) is 0.574. The highest BCUT2D eigenvalue weighted by Crippen LogP contribution is 2.22. The molecule has 4 nitrogen and oxygen atoms in total. The van der Waals surface area contributed by atoms with Crippen LogP contribution in [0.15, 0.2) is 53.6 Å². The molecule has 2 rings (SSSR count). The van der Waals surface area contributed by atoms with Crippen LogP contribution in [0.4, 0.5) is 5.69 Å². The molecule has 25 heavy (non-hydrogen) atoms. The number of likely N-dealkylation sites (N-methyl/N-ethyl adjacent to an activating group) is 1. The number of benzene rings is 1. The minimum atomic E-state index is 0.115. The number of hydrogen-bond acceptors (Lipinski definition) is 3. The van der Waals surface area contributed by atoms with Gasteiger partial charge in [0.1, 0.15) is 0 Å². The van der Waals surface area contributed by atoms with Crippen LogP contribution in [-0.4, -0.2) is 48.4 Å². The van der Waals surface area contributed by atoms with Crippen LogP contribution >= 0.6 is 24.0 Å². The van der Waals surface area contributed by atoms with Crippen LogP contribution in [0, 0.1) is 0 Å². The topological polar surface area (TPSA) is 32.6 Å². The summed E-state index contributed by atoms with van der Waals surface area (Å²) in [5.41, 5.74) is 2.05. The van der Waals surface area contributed by atoms with E-state index >= 15 is 0 Å². The summed E-state index contributed by atoms with van der Waals surface area (Å²) in [5, 5.41) is 4.13. The van der Waals surface area contributed by atoms with Gasteiger partial charge in [0.25, 0.3) is 0 Å². The first-order chi connectivity index (χ1) is 12.0. The molecule has 0 spiro atoms. The van der Waals surface area contributed by atoms with Crippen molar-refractivity contribution in [1.82, 2.24) is 9.88 Å². The Labute approximate surface area is 160 Å². The molecule has 1 heterocycles. The van der Waals surface area contributed by atoms with Crippen LogP contribution in [0.1, 0.15) is 18.7 Å². The van der Waals surface area contributed by atoms with Gasteiger partial charge >= 0.3 is 0 Å². The van der Waals surface area contributed by atoms with Gasteiger partial charge < -0.3 is 15.1 Å². The Bertz CT molecular complexity index is 676. The van der Waals surface area contributed by atoms with Gasteiger partial charge in [-0.05, 0) is 55.7 Å². The molecule has 1 atom stereocenters. The third-order valence-corrected chi connectivity index (χ3v) is 5.08. The van der Waals surface area contributed by atoms with Crippen molar-refractivity contribution in [2.24, 2.45) is 0 Å². The normalized spacial score (nSPS) is 12.0. The van der Waals surface area contributed by atoms with Crippen LogP contribution in [0.5, 0.6) is 0 Å². The fraction of sp³-hybridized carbons (Fsp3) is 0.368. The lowest BCUT2D eigenvalue weighted by Gasteiger charge is -2.31. The zero-order valence-electron chi connectivity index (χ0n) is 15.3. The molecule has 0 bridgehead atoms. The van der Waals surface area contributed by atoms with E-state index in [4.69, 9.17) is 12.2 Å². The van der Waals surface area contributed by atoms with Crippen molar-refractivity contribution in [3.63, 3.8) is 0 Å². The van der Waals surface area contributed by atoms with Crippen LogP contribution in [-0.2, 0) is 0 Å². The van der Waals surface area contributed by atoms with Crippen LogP contribution in [0.2, 0.25) is 0 Å². The van der Waals surface area contributed by atoms with Gasteiger partial charge in [0.15, 0.2) is 5.11 Å². The fourth-order valence-corrected chi connectivity index (χ4v) is 3.32. The summed E-state index contributed by atoms with van der Waals surface area (Å²) in [4.78, 5) is 9.33. The first kappa shape index (κ1) is 19.7. The summed E-state index contributed by atoms with van der Waals surface area (Å²) in [6, 6.07) is 14.4. The molecule has 0 aliphatic carbocycles. The number of quaternary nitrogens is 1. The molecule has 0 fully saturated rings. The molecular weight excluding hydrogens is 348 g/mol. The Morgan fingerprint density at radius 3 is 2.72 bits per heavy atom. The number of anilines is 1. The largest absolute Gasteiger partial charge is 0.338 e. The van der Waals surface area contributed by atoms with Crippen LogP contribution < -0.4 is 10.2 Å². The Kier molecular flexibility index (Phi) is 7.68. The number of aromatic nitrogens is 1. The molecule has 0 saturated heterocycles. The number of nitrogens with one attached hydrogen (secondary N) is 2. The standard InChI is InChI=1S/C19H26N4S2/c1-15(18-10-5-6-11-20-18)23(13-12-22(2)3)19(24)21-16-8-7-9-17(14-16)25-4/h5-11,14-15H,12-13H2,1-4H3,(H,21,24)/p+1. The highest BCUT2D eigenvalue weighted by atomic mass is 32.2. The average Bonchev–Trinajstić information content (AvgIpc) is 2.62. The smallest absolute Gasteiger partial charge is 0.174 e. The molecule has 0 aliphatic rings. The molecular formula is C19H27N4S2+. The molecule has 0 saturated carbocycles.